The molecular weight excluding hydrogens is 341 g/mol. The Morgan fingerprint density at radius 2 is 1.85 bits per heavy atom. The van der Waals surface area contributed by atoms with Crippen LogP contribution in [0.2, 0.25) is 0 Å². The number of nitrogens with two attached hydrogens (primary N) is 1. The van der Waals surface area contributed by atoms with Gasteiger partial charge in [-0.05, 0) is 50.6 Å². The number of carbonyl (C=O) groups is 1. The lowest BCUT2D eigenvalue weighted by Gasteiger charge is -2.27. The number of anilines is 2. The number of nitro benzene ring substituents is 1. The zero-order valence-corrected chi connectivity index (χ0v) is 14.7. The van der Waals surface area contributed by atoms with E-state index in [9.17, 15) is 19.3 Å². The Bertz CT molecular complexity index is 816. The second kappa shape index (κ2) is 7.38. The summed E-state index contributed by atoms with van der Waals surface area (Å²) in [6, 6.07) is 9.66. The standard InChI is InChI=1S/C18H20FN3O4/c1-18(2,3)26-17(23)21(11-12-4-6-13(19)7-5-12)14-8-9-15(20)16(10-14)22(24)25/h4-10H,11,20H2,1-3H3. The van der Waals surface area contributed by atoms with Gasteiger partial charge in [-0.25, -0.2) is 9.18 Å². The van der Waals surface area contributed by atoms with Gasteiger partial charge >= 0.3 is 6.09 Å². The van der Waals surface area contributed by atoms with E-state index in [2.05, 4.69) is 0 Å². The van der Waals surface area contributed by atoms with Crippen LogP contribution in [0.4, 0.5) is 26.2 Å². The predicted octanol–water partition coefficient (Wildman–Crippen LogP) is 4.26. The van der Waals surface area contributed by atoms with E-state index in [1.807, 2.05) is 0 Å². The van der Waals surface area contributed by atoms with Crippen LogP contribution in [0, 0.1) is 15.9 Å². The molecule has 138 valence electrons. The van der Waals surface area contributed by atoms with Crippen LogP contribution in [0.5, 0.6) is 0 Å². The fourth-order valence-electron chi connectivity index (χ4n) is 2.21. The number of ether oxygens (including phenoxy) is 1. The Morgan fingerprint density at radius 1 is 1.23 bits per heavy atom. The van der Waals surface area contributed by atoms with Gasteiger partial charge in [0.15, 0.2) is 0 Å². The number of nitrogen functional groups attached to an aromatic ring is 1. The van der Waals surface area contributed by atoms with Crippen molar-refractivity contribution in [3.63, 3.8) is 0 Å². The molecule has 0 heterocycles. The molecule has 0 spiro atoms. The summed E-state index contributed by atoms with van der Waals surface area (Å²) in [5.74, 6) is -0.402. The van der Waals surface area contributed by atoms with Crippen molar-refractivity contribution < 1.29 is 18.8 Å². The first kappa shape index (κ1) is 19.2. The zero-order valence-electron chi connectivity index (χ0n) is 14.7. The average Bonchev–Trinajstić information content (AvgIpc) is 2.53. The number of carbonyl (C=O) groups excluding carboxylic acids is 1. The van der Waals surface area contributed by atoms with Gasteiger partial charge in [0.05, 0.1) is 17.2 Å². The Hall–Kier alpha value is -3.16. The fourth-order valence-corrected chi connectivity index (χ4v) is 2.21. The summed E-state index contributed by atoms with van der Waals surface area (Å²) in [5.41, 5.74) is 5.44. The van der Waals surface area contributed by atoms with E-state index in [0.717, 1.165) is 0 Å². The van der Waals surface area contributed by atoms with Crippen molar-refractivity contribution >= 4 is 23.2 Å². The highest BCUT2D eigenvalue weighted by Crippen LogP contribution is 2.29. The van der Waals surface area contributed by atoms with Crippen molar-refractivity contribution in [3.8, 4) is 0 Å². The molecule has 0 aliphatic heterocycles. The summed E-state index contributed by atoms with van der Waals surface area (Å²) in [5, 5.41) is 11.1. The number of hydrogen-bond acceptors (Lipinski definition) is 5. The third-order valence-electron chi connectivity index (χ3n) is 3.39. The predicted molar refractivity (Wildman–Crippen MR) is 96.3 cm³/mol. The van der Waals surface area contributed by atoms with Crippen LogP contribution in [0.1, 0.15) is 26.3 Å². The van der Waals surface area contributed by atoms with E-state index in [1.165, 1.54) is 47.4 Å². The maximum atomic E-state index is 13.1. The lowest BCUT2D eigenvalue weighted by molar-refractivity contribution is -0.383. The van der Waals surface area contributed by atoms with E-state index >= 15 is 0 Å². The van der Waals surface area contributed by atoms with Gasteiger partial charge in [0.1, 0.15) is 17.1 Å². The lowest BCUT2D eigenvalue weighted by Crippen LogP contribution is -2.36. The van der Waals surface area contributed by atoms with Crippen LogP contribution >= 0.6 is 0 Å². The number of amides is 1. The van der Waals surface area contributed by atoms with Gasteiger partial charge in [0.25, 0.3) is 5.69 Å². The number of nitrogens with zero attached hydrogens (tertiary/aromatic N) is 2. The van der Waals surface area contributed by atoms with Gasteiger partial charge in [0.2, 0.25) is 0 Å². The quantitative estimate of drug-likeness (QED) is 0.498. The molecule has 0 saturated heterocycles. The smallest absolute Gasteiger partial charge is 0.415 e. The first-order chi connectivity index (χ1) is 12.1. The number of rotatable bonds is 4. The lowest BCUT2D eigenvalue weighted by atomic mass is 10.1. The Morgan fingerprint density at radius 3 is 2.38 bits per heavy atom. The minimum Gasteiger partial charge on any atom is -0.443 e. The molecule has 0 radical (unpaired) electrons. The summed E-state index contributed by atoms with van der Waals surface area (Å²) < 4.78 is 18.5. The van der Waals surface area contributed by atoms with Gasteiger partial charge in [0, 0.05) is 6.07 Å². The summed E-state index contributed by atoms with van der Waals surface area (Å²) >= 11 is 0. The Labute approximate surface area is 150 Å². The number of nitro groups is 1. The van der Waals surface area contributed by atoms with Crippen molar-refractivity contribution in [3.05, 3.63) is 64.0 Å². The molecule has 7 nitrogen and oxygen atoms in total. The highest BCUT2D eigenvalue weighted by Gasteiger charge is 2.25. The summed E-state index contributed by atoms with van der Waals surface area (Å²) in [6.45, 7) is 5.20. The van der Waals surface area contributed by atoms with E-state index < -0.39 is 22.4 Å². The Kier molecular flexibility index (Phi) is 5.44. The molecule has 26 heavy (non-hydrogen) atoms. The molecule has 2 N–H and O–H groups in total. The molecule has 0 atom stereocenters. The third-order valence-corrected chi connectivity index (χ3v) is 3.39. The van der Waals surface area contributed by atoms with Crippen molar-refractivity contribution in [2.24, 2.45) is 0 Å². The van der Waals surface area contributed by atoms with E-state index in [-0.39, 0.29) is 23.6 Å². The molecule has 2 aromatic carbocycles. The maximum absolute atomic E-state index is 13.1. The second-order valence-electron chi connectivity index (χ2n) is 6.69. The van der Waals surface area contributed by atoms with Crippen molar-refractivity contribution in [1.29, 1.82) is 0 Å². The molecule has 2 aromatic rings. The highest BCUT2D eigenvalue weighted by molar-refractivity contribution is 5.89. The summed E-state index contributed by atoms with van der Waals surface area (Å²) in [4.78, 5) is 24.4. The molecule has 0 fully saturated rings. The number of hydrogen-bond donors (Lipinski definition) is 1. The van der Waals surface area contributed by atoms with E-state index in [4.69, 9.17) is 10.5 Å². The van der Waals surface area contributed by atoms with Crippen LogP contribution in [-0.4, -0.2) is 16.6 Å². The first-order valence-electron chi connectivity index (χ1n) is 7.86. The molecule has 1 amide bonds. The zero-order chi connectivity index (χ0) is 19.5. The number of halogens is 1. The fraction of sp³-hybridized carbons (Fsp3) is 0.278. The van der Waals surface area contributed by atoms with Crippen LogP contribution in [-0.2, 0) is 11.3 Å². The molecule has 0 aliphatic rings. The molecule has 0 saturated carbocycles. The first-order valence-corrected chi connectivity index (χ1v) is 7.86. The molecule has 0 aliphatic carbocycles. The van der Waals surface area contributed by atoms with E-state index in [1.54, 1.807) is 20.8 Å². The van der Waals surface area contributed by atoms with Gasteiger partial charge in [-0.1, -0.05) is 12.1 Å². The summed E-state index contributed by atoms with van der Waals surface area (Å²) in [7, 11) is 0. The normalized spacial score (nSPS) is 11.1. The van der Waals surface area contributed by atoms with Crippen LogP contribution in [0.3, 0.4) is 0 Å². The minimum atomic E-state index is -0.752. The van der Waals surface area contributed by atoms with Crippen LogP contribution in [0.15, 0.2) is 42.5 Å². The van der Waals surface area contributed by atoms with Crippen molar-refractivity contribution in [1.82, 2.24) is 0 Å². The van der Waals surface area contributed by atoms with Gasteiger partial charge in [-0.2, -0.15) is 0 Å². The van der Waals surface area contributed by atoms with Crippen LogP contribution < -0.4 is 10.6 Å². The second-order valence-corrected chi connectivity index (χ2v) is 6.69. The molecule has 8 heteroatoms. The summed E-state index contributed by atoms with van der Waals surface area (Å²) in [6.07, 6.45) is -0.680. The monoisotopic (exact) mass is 361 g/mol. The molecule has 0 aromatic heterocycles. The molecular formula is C18H20FN3O4. The SMILES string of the molecule is CC(C)(C)OC(=O)N(Cc1ccc(F)cc1)c1ccc(N)c([N+](=O)[O-])c1. The number of benzene rings is 2. The highest BCUT2D eigenvalue weighted by atomic mass is 19.1. The van der Waals surface area contributed by atoms with Gasteiger partial charge in [-0.3, -0.25) is 15.0 Å². The van der Waals surface area contributed by atoms with Crippen molar-refractivity contribution in [2.45, 2.75) is 32.9 Å². The topological polar surface area (TPSA) is 98.7 Å². The maximum Gasteiger partial charge on any atom is 0.415 e. The molecule has 0 unspecified atom stereocenters. The molecule has 0 bridgehead atoms. The molecule has 2 rings (SSSR count). The largest absolute Gasteiger partial charge is 0.443 e. The Balaban J connectivity index is 2.42. The van der Waals surface area contributed by atoms with E-state index in [0.29, 0.717) is 5.56 Å². The third kappa shape index (κ3) is 4.92. The van der Waals surface area contributed by atoms with Gasteiger partial charge < -0.3 is 10.5 Å². The van der Waals surface area contributed by atoms with Crippen molar-refractivity contribution in [2.75, 3.05) is 10.6 Å². The average molecular weight is 361 g/mol. The minimum absolute atomic E-state index is 0.00956. The van der Waals surface area contributed by atoms with Gasteiger partial charge in [-0.15, -0.1) is 0 Å². The van der Waals surface area contributed by atoms with Crippen LogP contribution in [0.25, 0.3) is 0 Å².